The van der Waals surface area contributed by atoms with Crippen molar-refractivity contribution in [3.8, 4) is 0 Å². The fraction of sp³-hybridized carbons (Fsp3) is 0.750. The Balaban J connectivity index is 5.18. The first-order valence-electron chi connectivity index (χ1n) is 8.19. The topological polar surface area (TPSA) is 105 Å². The monoisotopic (exact) mass is 378 g/mol. The molecule has 0 amide bonds. The lowest BCUT2D eigenvalue weighted by molar-refractivity contribution is -0.150. The Morgan fingerprint density at radius 2 is 0.960 bits per heavy atom. The van der Waals surface area contributed by atoms with Gasteiger partial charge in [-0.25, -0.2) is 0 Å². The summed E-state index contributed by atoms with van der Waals surface area (Å²) in [6.45, 7) is 7.14. The maximum atomic E-state index is 12.1. The molecular weight excluding hydrogens is 352 g/mol. The second-order valence-electron chi connectivity index (χ2n) is 4.64. The number of ether oxygens (including phenoxy) is 4. The summed E-state index contributed by atoms with van der Waals surface area (Å²) in [4.78, 5) is 47.6. The van der Waals surface area contributed by atoms with E-state index >= 15 is 0 Å². The molecular formula is C16H26O8S. The van der Waals surface area contributed by atoms with Crippen LogP contribution in [-0.2, 0) is 38.1 Å². The van der Waals surface area contributed by atoms with Gasteiger partial charge >= 0.3 is 23.9 Å². The molecule has 0 saturated heterocycles. The van der Waals surface area contributed by atoms with Gasteiger partial charge in [0, 0.05) is 0 Å². The highest BCUT2D eigenvalue weighted by atomic mass is 32.2. The van der Waals surface area contributed by atoms with Gasteiger partial charge in [0.15, 0.2) is 0 Å². The lowest BCUT2D eigenvalue weighted by atomic mass is 10.3. The summed E-state index contributed by atoms with van der Waals surface area (Å²) in [6.07, 6.45) is -0.536. The minimum atomic E-state index is -0.983. The number of esters is 4. The van der Waals surface area contributed by atoms with E-state index in [0.29, 0.717) is 0 Å². The van der Waals surface area contributed by atoms with Crippen molar-refractivity contribution in [1.29, 1.82) is 0 Å². The summed E-state index contributed by atoms with van der Waals surface area (Å²) in [5.41, 5.74) is 0. The van der Waals surface area contributed by atoms with Crippen LogP contribution in [-0.4, -0.2) is 60.8 Å². The first-order valence-corrected chi connectivity index (χ1v) is 9.13. The smallest absolute Gasteiger partial charge is 0.319 e. The fourth-order valence-electron chi connectivity index (χ4n) is 1.79. The first-order chi connectivity index (χ1) is 11.9. The second kappa shape index (κ2) is 13.5. The molecule has 0 bridgehead atoms. The first kappa shape index (κ1) is 23.2. The minimum Gasteiger partial charge on any atom is -0.466 e. The molecule has 0 aromatic carbocycles. The summed E-state index contributed by atoms with van der Waals surface area (Å²) >= 11 is 0.844. The lowest BCUT2D eigenvalue weighted by Gasteiger charge is -2.20. The third kappa shape index (κ3) is 9.96. The van der Waals surface area contributed by atoms with E-state index in [0.717, 1.165) is 11.8 Å². The predicted octanol–water partition coefficient (Wildman–Crippen LogP) is 1.49. The van der Waals surface area contributed by atoms with Crippen molar-refractivity contribution in [1.82, 2.24) is 0 Å². The van der Waals surface area contributed by atoms with E-state index < -0.39 is 34.4 Å². The summed E-state index contributed by atoms with van der Waals surface area (Å²) in [5, 5.41) is -1.97. The largest absolute Gasteiger partial charge is 0.466 e. The molecule has 0 radical (unpaired) electrons. The summed E-state index contributed by atoms with van der Waals surface area (Å²) in [6, 6.07) is 0. The van der Waals surface area contributed by atoms with Gasteiger partial charge in [0.05, 0.1) is 39.3 Å². The van der Waals surface area contributed by atoms with Crippen molar-refractivity contribution in [2.75, 3.05) is 26.4 Å². The molecule has 0 aliphatic heterocycles. The number of hydrogen-bond acceptors (Lipinski definition) is 9. The Labute approximate surface area is 151 Å². The fourth-order valence-corrected chi connectivity index (χ4v) is 3.00. The predicted molar refractivity (Wildman–Crippen MR) is 90.9 cm³/mol. The van der Waals surface area contributed by atoms with Crippen molar-refractivity contribution in [2.45, 2.75) is 51.0 Å². The van der Waals surface area contributed by atoms with E-state index in [9.17, 15) is 19.2 Å². The minimum absolute atomic E-state index is 0.126. The van der Waals surface area contributed by atoms with E-state index in [-0.39, 0.29) is 39.3 Å². The maximum absolute atomic E-state index is 12.1. The van der Waals surface area contributed by atoms with Gasteiger partial charge in [-0.2, -0.15) is 0 Å². The molecule has 2 atom stereocenters. The van der Waals surface area contributed by atoms with Crippen molar-refractivity contribution in [3.05, 3.63) is 0 Å². The van der Waals surface area contributed by atoms with Crippen LogP contribution in [0.15, 0.2) is 0 Å². The molecule has 8 nitrogen and oxygen atoms in total. The van der Waals surface area contributed by atoms with Crippen LogP contribution in [0.1, 0.15) is 40.5 Å². The average molecular weight is 378 g/mol. The highest BCUT2D eigenvalue weighted by Gasteiger charge is 2.33. The third-order valence-corrected chi connectivity index (χ3v) is 4.12. The van der Waals surface area contributed by atoms with E-state index in [4.69, 9.17) is 18.9 Å². The van der Waals surface area contributed by atoms with Gasteiger partial charge in [0.1, 0.15) is 10.5 Å². The van der Waals surface area contributed by atoms with E-state index in [1.807, 2.05) is 0 Å². The van der Waals surface area contributed by atoms with Gasteiger partial charge in [-0.15, -0.1) is 11.8 Å². The molecule has 0 aromatic heterocycles. The molecule has 0 aliphatic carbocycles. The Hall–Kier alpha value is -1.77. The quantitative estimate of drug-likeness (QED) is 0.369. The van der Waals surface area contributed by atoms with Crippen LogP contribution in [0.25, 0.3) is 0 Å². The van der Waals surface area contributed by atoms with Crippen LogP contribution >= 0.6 is 11.8 Å². The van der Waals surface area contributed by atoms with Crippen LogP contribution < -0.4 is 0 Å². The van der Waals surface area contributed by atoms with Crippen LogP contribution in [0.4, 0.5) is 0 Å². The number of carbonyl (C=O) groups excluding carboxylic acids is 4. The molecule has 0 aromatic rings. The van der Waals surface area contributed by atoms with E-state index in [1.165, 1.54) is 0 Å². The van der Waals surface area contributed by atoms with Crippen molar-refractivity contribution >= 4 is 35.6 Å². The molecule has 0 fully saturated rings. The van der Waals surface area contributed by atoms with Gasteiger partial charge < -0.3 is 18.9 Å². The molecule has 0 N–H and O–H groups in total. The molecule has 0 rings (SSSR count). The zero-order valence-corrected chi connectivity index (χ0v) is 15.9. The number of hydrogen-bond donors (Lipinski definition) is 0. The Kier molecular flexibility index (Phi) is 12.6. The SMILES string of the molecule is CCOC(=O)CC(SC(CC(=O)OCC)C(=O)OCC)C(=O)OCC. The molecule has 9 heteroatoms. The normalized spacial score (nSPS) is 12.6. The molecule has 0 aliphatic rings. The zero-order valence-electron chi connectivity index (χ0n) is 15.1. The van der Waals surface area contributed by atoms with Gasteiger partial charge in [0.2, 0.25) is 0 Å². The van der Waals surface area contributed by atoms with Crippen LogP contribution in [0, 0.1) is 0 Å². The molecule has 0 spiro atoms. The summed E-state index contributed by atoms with van der Waals surface area (Å²) < 4.78 is 19.6. The lowest BCUT2D eigenvalue weighted by Crippen LogP contribution is -2.32. The summed E-state index contributed by atoms with van der Waals surface area (Å²) in [7, 11) is 0. The van der Waals surface area contributed by atoms with Gasteiger partial charge in [-0.05, 0) is 27.7 Å². The van der Waals surface area contributed by atoms with Gasteiger partial charge in [0.25, 0.3) is 0 Å². The summed E-state index contributed by atoms with van der Waals surface area (Å²) in [5.74, 6) is -2.49. The number of rotatable bonds is 12. The maximum Gasteiger partial charge on any atom is 0.319 e. The molecule has 0 saturated carbocycles. The van der Waals surface area contributed by atoms with Crippen molar-refractivity contribution < 1.29 is 38.1 Å². The Morgan fingerprint density at radius 1 is 0.640 bits per heavy atom. The molecule has 0 heterocycles. The van der Waals surface area contributed by atoms with Crippen LogP contribution in [0.2, 0.25) is 0 Å². The highest BCUT2D eigenvalue weighted by Crippen LogP contribution is 2.26. The highest BCUT2D eigenvalue weighted by molar-refractivity contribution is 8.01. The molecule has 25 heavy (non-hydrogen) atoms. The zero-order chi connectivity index (χ0) is 19.2. The molecule has 144 valence electrons. The average Bonchev–Trinajstić information content (AvgIpc) is 2.54. The number of thioether (sulfide) groups is 1. The van der Waals surface area contributed by atoms with Crippen LogP contribution in [0.3, 0.4) is 0 Å². The standard InChI is InChI=1S/C16H26O8S/c1-5-21-13(17)9-11(15(19)23-7-3)25-12(16(20)24-8-4)10-14(18)22-6-2/h11-12H,5-10H2,1-4H3. The van der Waals surface area contributed by atoms with Crippen LogP contribution in [0.5, 0.6) is 0 Å². The van der Waals surface area contributed by atoms with Gasteiger partial charge in [-0.1, -0.05) is 0 Å². The Morgan fingerprint density at radius 3 is 1.24 bits per heavy atom. The van der Waals surface area contributed by atoms with Crippen molar-refractivity contribution in [3.63, 3.8) is 0 Å². The Bertz CT molecular complexity index is 411. The second-order valence-corrected chi connectivity index (χ2v) is 6.05. The third-order valence-electron chi connectivity index (χ3n) is 2.74. The van der Waals surface area contributed by atoms with E-state index in [1.54, 1.807) is 27.7 Å². The van der Waals surface area contributed by atoms with E-state index in [2.05, 4.69) is 0 Å². The molecule has 2 unspecified atom stereocenters. The van der Waals surface area contributed by atoms with Crippen molar-refractivity contribution in [2.24, 2.45) is 0 Å². The number of carbonyl (C=O) groups is 4. The van der Waals surface area contributed by atoms with Gasteiger partial charge in [-0.3, -0.25) is 19.2 Å².